The normalized spacial score (nSPS) is 12.2. The van der Waals surface area contributed by atoms with Crippen LogP contribution in [0.4, 0.5) is 24.5 Å². The van der Waals surface area contributed by atoms with Crippen molar-refractivity contribution in [3.8, 4) is 11.5 Å². The Morgan fingerprint density at radius 3 is 2.18 bits per heavy atom. The number of aromatic carboxylic acids is 2. The van der Waals surface area contributed by atoms with Gasteiger partial charge in [-0.05, 0) is 60.4 Å². The number of halogens is 4. The summed E-state index contributed by atoms with van der Waals surface area (Å²) in [6, 6.07) is 11.1. The van der Waals surface area contributed by atoms with Gasteiger partial charge in [0.05, 0.1) is 33.1 Å². The highest BCUT2D eigenvalue weighted by molar-refractivity contribution is 6.31. The van der Waals surface area contributed by atoms with E-state index in [1.165, 1.54) is 18.2 Å². The summed E-state index contributed by atoms with van der Waals surface area (Å²) in [6.45, 7) is 0. The number of fused-ring (bicyclic) bond motifs is 2. The van der Waals surface area contributed by atoms with Crippen molar-refractivity contribution in [2.75, 3.05) is 5.32 Å². The third-order valence-corrected chi connectivity index (χ3v) is 5.46. The predicted molar refractivity (Wildman–Crippen MR) is 114 cm³/mol. The predicted octanol–water partition coefficient (Wildman–Crippen LogP) is 6.39. The fourth-order valence-electron chi connectivity index (χ4n) is 3.52. The fourth-order valence-corrected chi connectivity index (χ4v) is 3.83. The van der Waals surface area contributed by atoms with Gasteiger partial charge >= 0.3 is 18.1 Å². The summed E-state index contributed by atoms with van der Waals surface area (Å²) in [6.07, 6.45) is -3.61. The topological polar surface area (TPSA) is 95.9 Å². The number of alkyl halides is 3. The van der Waals surface area contributed by atoms with Crippen LogP contribution in [0.1, 0.15) is 37.4 Å². The van der Waals surface area contributed by atoms with E-state index in [0.717, 1.165) is 17.7 Å². The first-order valence-corrected chi connectivity index (χ1v) is 9.99. The van der Waals surface area contributed by atoms with Gasteiger partial charge in [0.25, 0.3) is 0 Å². The van der Waals surface area contributed by atoms with Crippen molar-refractivity contribution in [3.63, 3.8) is 0 Å². The Labute approximate surface area is 190 Å². The molecule has 33 heavy (non-hydrogen) atoms. The molecule has 0 atom stereocenters. The summed E-state index contributed by atoms with van der Waals surface area (Å²) in [5.74, 6) is -2.15. The van der Waals surface area contributed by atoms with Crippen LogP contribution in [-0.4, -0.2) is 22.2 Å². The molecule has 0 unspecified atom stereocenters. The number of carboxylic acids is 2. The Kier molecular flexibility index (Phi) is 5.67. The lowest BCUT2D eigenvalue weighted by Crippen LogP contribution is -2.11. The highest BCUT2D eigenvalue weighted by atomic mass is 35.5. The number of hydrogen-bond acceptors (Lipinski definition) is 4. The van der Waals surface area contributed by atoms with E-state index in [2.05, 4.69) is 5.32 Å². The number of aryl methyl sites for hydroxylation is 2. The Bertz CT molecular complexity index is 1290. The number of carbonyl (C=O) groups is 2. The molecule has 0 spiro atoms. The molecule has 1 aliphatic rings. The summed E-state index contributed by atoms with van der Waals surface area (Å²) >= 11 is 5.78. The maximum atomic E-state index is 12.9. The first-order chi connectivity index (χ1) is 15.5. The standard InChI is InChI=1S/C23H15ClF3NO5/c24-16-7-11(3-5-15(16)23(25,26)27)1-2-12-4-6-18-17(8-12)28-20-14(22(31)32)9-13(21(29)30)10-19(20)33-18/h3-10,28H,1-2H2,(H,29,30)(H,31,32). The zero-order chi connectivity index (χ0) is 23.9. The summed E-state index contributed by atoms with van der Waals surface area (Å²) in [5, 5.41) is 21.3. The van der Waals surface area contributed by atoms with E-state index in [1.807, 2.05) is 0 Å². The first-order valence-electron chi connectivity index (χ1n) is 9.61. The van der Waals surface area contributed by atoms with Gasteiger partial charge in [-0.25, -0.2) is 9.59 Å². The van der Waals surface area contributed by atoms with Crippen LogP contribution >= 0.6 is 11.6 Å². The summed E-state index contributed by atoms with van der Waals surface area (Å²) in [7, 11) is 0. The molecule has 6 nitrogen and oxygen atoms in total. The number of ether oxygens (including phenoxy) is 1. The second-order valence-corrected chi connectivity index (χ2v) is 7.78. The van der Waals surface area contributed by atoms with Crippen LogP contribution < -0.4 is 10.1 Å². The molecule has 3 N–H and O–H groups in total. The van der Waals surface area contributed by atoms with Crippen LogP contribution in [-0.2, 0) is 19.0 Å². The molecule has 0 saturated carbocycles. The summed E-state index contributed by atoms with van der Waals surface area (Å²) in [5.41, 5.74) is 0.714. The van der Waals surface area contributed by atoms with E-state index in [1.54, 1.807) is 18.2 Å². The van der Waals surface area contributed by atoms with Gasteiger partial charge in [0.1, 0.15) is 0 Å². The van der Waals surface area contributed by atoms with Crippen molar-refractivity contribution < 1.29 is 37.7 Å². The molecule has 1 aliphatic heterocycles. The highest BCUT2D eigenvalue weighted by Crippen LogP contribution is 2.44. The van der Waals surface area contributed by atoms with Gasteiger partial charge in [-0.3, -0.25) is 0 Å². The monoisotopic (exact) mass is 477 g/mol. The van der Waals surface area contributed by atoms with Crippen LogP contribution in [0.2, 0.25) is 5.02 Å². The maximum absolute atomic E-state index is 12.9. The average molecular weight is 478 g/mol. The van der Waals surface area contributed by atoms with Gasteiger partial charge in [0.2, 0.25) is 0 Å². The molecule has 10 heteroatoms. The third kappa shape index (κ3) is 4.58. The number of carboxylic acid groups (broad SMARTS) is 2. The van der Waals surface area contributed by atoms with Crippen molar-refractivity contribution in [3.05, 3.63) is 81.4 Å². The van der Waals surface area contributed by atoms with Crippen LogP contribution in [0.15, 0.2) is 48.5 Å². The molecule has 0 saturated heterocycles. The number of benzene rings is 3. The highest BCUT2D eigenvalue weighted by Gasteiger charge is 2.33. The lowest BCUT2D eigenvalue weighted by atomic mass is 10.0. The molecule has 170 valence electrons. The number of nitrogens with one attached hydrogen (secondary N) is 1. The Morgan fingerprint density at radius 1 is 0.909 bits per heavy atom. The van der Waals surface area contributed by atoms with Crippen molar-refractivity contribution in [2.24, 2.45) is 0 Å². The van der Waals surface area contributed by atoms with Gasteiger partial charge in [0.15, 0.2) is 11.5 Å². The number of anilines is 2. The first kappa shape index (κ1) is 22.5. The average Bonchev–Trinajstić information content (AvgIpc) is 2.74. The quantitative estimate of drug-likeness (QED) is 0.308. The van der Waals surface area contributed by atoms with Crippen molar-refractivity contribution in [1.29, 1.82) is 0 Å². The van der Waals surface area contributed by atoms with Crippen LogP contribution in [0, 0.1) is 0 Å². The Hall–Kier alpha value is -3.72. The van der Waals surface area contributed by atoms with Crippen molar-refractivity contribution in [2.45, 2.75) is 19.0 Å². The molecular formula is C23H15ClF3NO5. The van der Waals surface area contributed by atoms with Gasteiger partial charge in [-0.2, -0.15) is 13.2 Å². The van der Waals surface area contributed by atoms with Gasteiger partial charge in [-0.1, -0.05) is 23.7 Å². The maximum Gasteiger partial charge on any atom is 0.417 e. The van der Waals surface area contributed by atoms with Crippen LogP contribution in [0.25, 0.3) is 0 Å². The van der Waals surface area contributed by atoms with Gasteiger partial charge in [-0.15, -0.1) is 0 Å². The molecule has 3 aromatic carbocycles. The zero-order valence-electron chi connectivity index (χ0n) is 16.7. The fraction of sp³-hybridized carbons (Fsp3) is 0.130. The minimum Gasteiger partial charge on any atom is -0.478 e. The lowest BCUT2D eigenvalue weighted by Gasteiger charge is -2.24. The molecule has 3 aromatic rings. The molecule has 0 bridgehead atoms. The third-order valence-electron chi connectivity index (χ3n) is 5.14. The minimum absolute atomic E-state index is 0.0759. The van der Waals surface area contributed by atoms with E-state index in [-0.39, 0.29) is 27.6 Å². The molecule has 0 aliphatic carbocycles. The Balaban J connectivity index is 1.56. The summed E-state index contributed by atoms with van der Waals surface area (Å²) < 4.78 is 44.3. The smallest absolute Gasteiger partial charge is 0.417 e. The lowest BCUT2D eigenvalue weighted by molar-refractivity contribution is -0.137. The number of hydrogen-bond donors (Lipinski definition) is 3. The molecule has 0 aromatic heterocycles. The number of rotatable bonds is 5. The van der Waals surface area contributed by atoms with Gasteiger partial charge in [0, 0.05) is 0 Å². The van der Waals surface area contributed by atoms with E-state index < -0.39 is 23.7 Å². The van der Waals surface area contributed by atoms with E-state index in [9.17, 15) is 33.0 Å². The minimum atomic E-state index is -4.52. The van der Waals surface area contributed by atoms with E-state index in [0.29, 0.717) is 29.8 Å². The molecule has 0 amide bonds. The van der Waals surface area contributed by atoms with Crippen LogP contribution in [0.5, 0.6) is 11.5 Å². The van der Waals surface area contributed by atoms with E-state index >= 15 is 0 Å². The van der Waals surface area contributed by atoms with Crippen molar-refractivity contribution >= 4 is 34.9 Å². The molecule has 0 fully saturated rings. The van der Waals surface area contributed by atoms with E-state index in [4.69, 9.17) is 16.3 Å². The van der Waals surface area contributed by atoms with Gasteiger partial charge < -0.3 is 20.3 Å². The van der Waals surface area contributed by atoms with Crippen LogP contribution in [0.3, 0.4) is 0 Å². The molecule has 1 heterocycles. The molecule has 0 radical (unpaired) electrons. The molecular weight excluding hydrogens is 463 g/mol. The Morgan fingerprint density at radius 2 is 1.58 bits per heavy atom. The SMILES string of the molecule is O=C(O)c1cc2c(c(C(=O)O)c1)Nc1cc(CCc3ccc(C(F)(F)F)c(Cl)c3)ccc1O2. The van der Waals surface area contributed by atoms with Crippen molar-refractivity contribution in [1.82, 2.24) is 0 Å². The second-order valence-electron chi connectivity index (χ2n) is 7.38. The zero-order valence-corrected chi connectivity index (χ0v) is 17.4. The largest absolute Gasteiger partial charge is 0.478 e. The molecule has 4 rings (SSSR count). The second kappa shape index (κ2) is 8.32. The summed E-state index contributed by atoms with van der Waals surface area (Å²) in [4.78, 5) is 22.9.